The Morgan fingerprint density at radius 3 is 2.85 bits per heavy atom. The summed E-state index contributed by atoms with van der Waals surface area (Å²) in [5.74, 6) is 1.18. The minimum atomic E-state index is 0.350. The standard InChI is InChI=1S/C13H21N5O2/c1-10-7-11(2)18(15-10)6-5-17(3)8-12-14-13(9-19-4)20-16-12/h7H,5-6,8-9H2,1-4H3. The first-order valence-corrected chi connectivity index (χ1v) is 6.58. The number of nitrogens with zero attached hydrogens (tertiary/aromatic N) is 5. The predicted molar refractivity (Wildman–Crippen MR) is 73.0 cm³/mol. The molecule has 0 saturated carbocycles. The molecule has 0 aromatic carbocycles. The van der Waals surface area contributed by atoms with E-state index in [4.69, 9.17) is 9.26 Å². The third kappa shape index (κ3) is 3.88. The summed E-state index contributed by atoms with van der Waals surface area (Å²) in [6.07, 6.45) is 0. The van der Waals surface area contributed by atoms with Gasteiger partial charge in [-0.25, -0.2) is 0 Å². The fourth-order valence-corrected chi connectivity index (χ4v) is 2.02. The van der Waals surface area contributed by atoms with E-state index in [0.29, 0.717) is 24.9 Å². The van der Waals surface area contributed by atoms with Crippen LogP contribution in [0.3, 0.4) is 0 Å². The second-order valence-electron chi connectivity index (χ2n) is 4.93. The van der Waals surface area contributed by atoms with E-state index in [-0.39, 0.29) is 0 Å². The molecule has 110 valence electrons. The first kappa shape index (κ1) is 14.7. The summed E-state index contributed by atoms with van der Waals surface area (Å²) in [4.78, 5) is 6.39. The fourth-order valence-electron chi connectivity index (χ4n) is 2.02. The van der Waals surface area contributed by atoms with Crippen molar-refractivity contribution in [1.29, 1.82) is 0 Å². The molecule has 0 spiro atoms. The van der Waals surface area contributed by atoms with Gasteiger partial charge in [0.1, 0.15) is 6.61 Å². The third-order valence-corrected chi connectivity index (χ3v) is 2.99. The molecule has 0 radical (unpaired) electrons. The van der Waals surface area contributed by atoms with Crippen molar-refractivity contribution in [3.05, 3.63) is 29.2 Å². The molecule has 2 aromatic rings. The van der Waals surface area contributed by atoms with Crippen molar-refractivity contribution >= 4 is 0 Å². The van der Waals surface area contributed by atoms with Gasteiger partial charge in [0.05, 0.1) is 18.8 Å². The molecule has 0 saturated heterocycles. The van der Waals surface area contributed by atoms with E-state index in [1.807, 2.05) is 18.7 Å². The van der Waals surface area contributed by atoms with Crippen molar-refractivity contribution in [1.82, 2.24) is 24.8 Å². The fraction of sp³-hybridized carbons (Fsp3) is 0.615. The Hall–Kier alpha value is -1.73. The van der Waals surface area contributed by atoms with Gasteiger partial charge in [-0.3, -0.25) is 9.58 Å². The molecule has 0 aliphatic carbocycles. The van der Waals surface area contributed by atoms with Gasteiger partial charge in [0.15, 0.2) is 5.82 Å². The highest BCUT2D eigenvalue weighted by atomic mass is 16.5. The Morgan fingerprint density at radius 2 is 2.20 bits per heavy atom. The summed E-state index contributed by atoms with van der Waals surface area (Å²) < 4.78 is 12.0. The van der Waals surface area contributed by atoms with Gasteiger partial charge in [-0.1, -0.05) is 5.16 Å². The molecule has 0 unspecified atom stereocenters. The minimum Gasteiger partial charge on any atom is -0.375 e. The van der Waals surface area contributed by atoms with Crippen LogP contribution in [0, 0.1) is 13.8 Å². The summed E-state index contributed by atoms with van der Waals surface area (Å²) in [5.41, 5.74) is 2.23. The van der Waals surface area contributed by atoms with E-state index in [1.54, 1.807) is 7.11 Å². The van der Waals surface area contributed by atoms with Crippen molar-refractivity contribution < 1.29 is 9.26 Å². The van der Waals surface area contributed by atoms with Gasteiger partial charge in [0.2, 0.25) is 0 Å². The predicted octanol–water partition coefficient (Wildman–Crippen LogP) is 1.16. The molecule has 0 bridgehead atoms. The first-order valence-electron chi connectivity index (χ1n) is 6.58. The zero-order chi connectivity index (χ0) is 14.5. The molecule has 7 nitrogen and oxygen atoms in total. The molecule has 2 rings (SSSR count). The maximum atomic E-state index is 5.06. The van der Waals surface area contributed by atoms with E-state index >= 15 is 0 Å². The lowest BCUT2D eigenvalue weighted by Crippen LogP contribution is -2.24. The first-order chi connectivity index (χ1) is 9.58. The Kier molecular flexibility index (Phi) is 4.86. The highest BCUT2D eigenvalue weighted by Crippen LogP contribution is 2.04. The number of hydrogen-bond acceptors (Lipinski definition) is 6. The molecule has 0 fully saturated rings. The Bertz CT molecular complexity index is 549. The lowest BCUT2D eigenvalue weighted by molar-refractivity contribution is 0.151. The second-order valence-corrected chi connectivity index (χ2v) is 4.93. The van der Waals surface area contributed by atoms with Crippen LogP contribution in [0.5, 0.6) is 0 Å². The molecule has 0 aliphatic heterocycles. The lowest BCUT2D eigenvalue weighted by Gasteiger charge is -2.14. The summed E-state index contributed by atoms with van der Waals surface area (Å²) >= 11 is 0. The van der Waals surface area contributed by atoms with E-state index in [9.17, 15) is 0 Å². The Balaban J connectivity index is 1.82. The molecular formula is C13H21N5O2. The Labute approximate surface area is 118 Å². The molecule has 0 amide bonds. The van der Waals surface area contributed by atoms with Gasteiger partial charge < -0.3 is 9.26 Å². The van der Waals surface area contributed by atoms with E-state index in [0.717, 1.165) is 18.8 Å². The third-order valence-electron chi connectivity index (χ3n) is 2.99. The number of hydrogen-bond donors (Lipinski definition) is 0. The summed E-state index contributed by atoms with van der Waals surface area (Å²) in [5, 5.41) is 8.36. The highest BCUT2D eigenvalue weighted by Gasteiger charge is 2.09. The van der Waals surface area contributed by atoms with Gasteiger partial charge in [-0.05, 0) is 27.0 Å². The van der Waals surface area contributed by atoms with Gasteiger partial charge in [-0.15, -0.1) is 0 Å². The quantitative estimate of drug-likeness (QED) is 0.757. The molecule has 0 aliphatic rings. The average molecular weight is 279 g/mol. The number of rotatable bonds is 7. The zero-order valence-corrected chi connectivity index (χ0v) is 12.5. The molecule has 2 heterocycles. The number of likely N-dealkylation sites (N-methyl/N-ethyl adjacent to an activating group) is 1. The average Bonchev–Trinajstić information content (AvgIpc) is 2.94. The second kappa shape index (κ2) is 6.62. The summed E-state index contributed by atoms with van der Waals surface area (Å²) in [7, 11) is 3.63. The van der Waals surface area contributed by atoms with Crippen LogP contribution in [-0.4, -0.2) is 45.5 Å². The van der Waals surface area contributed by atoms with Crippen LogP contribution >= 0.6 is 0 Å². The van der Waals surface area contributed by atoms with Gasteiger partial charge in [0, 0.05) is 19.3 Å². The lowest BCUT2D eigenvalue weighted by atomic mass is 10.4. The molecule has 0 atom stereocenters. The SMILES string of the molecule is COCc1nc(CN(C)CCn2nc(C)cc2C)no1. The summed E-state index contributed by atoms with van der Waals surface area (Å²) in [6.45, 7) is 6.78. The van der Waals surface area contributed by atoms with Crippen LogP contribution in [0.4, 0.5) is 0 Å². The van der Waals surface area contributed by atoms with Crippen molar-refractivity contribution in [2.24, 2.45) is 0 Å². The maximum absolute atomic E-state index is 5.06. The van der Waals surface area contributed by atoms with Crippen molar-refractivity contribution in [2.75, 3.05) is 20.7 Å². The van der Waals surface area contributed by atoms with Crippen LogP contribution in [0.25, 0.3) is 0 Å². The largest absolute Gasteiger partial charge is 0.375 e. The zero-order valence-electron chi connectivity index (χ0n) is 12.5. The van der Waals surface area contributed by atoms with Crippen molar-refractivity contribution in [2.45, 2.75) is 33.5 Å². The van der Waals surface area contributed by atoms with Gasteiger partial charge in [-0.2, -0.15) is 10.1 Å². The molecule has 20 heavy (non-hydrogen) atoms. The van der Waals surface area contributed by atoms with Crippen LogP contribution in [0.2, 0.25) is 0 Å². The normalized spacial score (nSPS) is 11.4. The highest BCUT2D eigenvalue weighted by molar-refractivity contribution is 5.06. The summed E-state index contributed by atoms with van der Waals surface area (Å²) in [6, 6.07) is 2.08. The molecule has 7 heteroatoms. The molecule has 0 N–H and O–H groups in total. The monoisotopic (exact) mass is 279 g/mol. The van der Waals surface area contributed by atoms with Crippen molar-refractivity contribution in [3.8, 4) is 0 Å². The minimum absolute atomic E-state index is 0.350. The van der Waals surface area contributed by atoms with Crippen LogP contribution < -0.4 is 0 Å². The number of aromatic nitrogens is 4. The van der Waals surface area contributed by atoms with Crippen LogP contribution in [-0.2, 0) is 24.4 Å². The van der Waals surface area contributed by atoms with E-state index in [2.05, 4.69) is 33.1 Å². The number of aryl methyl sites for hydroxylation is 2. The van der Waals surface area contributed by atoms with E-state index < -0.39 is 0 Å². The van der Waals surface area contributed by atoms with Crippen molar-refractivity contribution in [3.63, 3.8) is 0 Å². The molecule has 2 aromatic heterocycles. The van der Waals surface area contributed by atoms with Crippen LogP contribution in [0.1, 0.15) is 23.1 Å². The maximum Gasteiger partial charge on any atom is 0.252 e. The topological polar surface area (TPSA) is 69.2 Å². The number of methoxy groups -OCH3 is 1. The van der Waals surface area contributed by atoms with E-state index in [1.165, 1.54) is 5.69 Å². The van der Waals surface area contributed by atoms with Gasteiger partial charge >= 0.3 is 0 Å². The van der Waals surface area contributed by atoms with Crippen LogP contribution in [0.15, 0.2) is 10.6 Å². The Morgan fingerprint density at radius 1 is 1.40 bits per heavy atom. The van der Waals surface area contributed by atoms with Gasteiger partial charge in [0.25, 0.3) is 5.89 Å². The number of ether oxygens (including phenoxy) is 1. The smallest absolute Gasteiger partial charge is 0.252 e. The molecular weight excluding hydrogens is 258 g/mol.